The average Bonchev–Trinajstić information content (AvgIpc) is 3.37. The lowest BCUT2D eigenvalue weighted by Crippen LogP contribution is -2.73. The molecule has 10 nitrogen and oxygen atoms in total. The third-order valence-electron chi connectivity index (χ3n) is 8.11. The van der Waals surface area contributed by atoms with E-state index in [9.17, 15) is 24.3 Å². The standard InChI is InChI=1S/C32H43ClN4O6S/c1-32(2,3)37(19-23(33)18-26(37)28(34)39)30(41)27(38)25(17-21-11-7-5-8-12-21)35-29(40)24(15-16-44-4)36-31(42)43-20-22-13-9-6-10-14-22/h5-14,23-27,38H,15-20H2,1-4H3,(H3-,34,35,36,39,40,42)/p+1/t23-,24-,25-,26-,27-,37?/m0/s1. The number of halogens is 1. The fourth-order valence-corrected chi connectivity index (χ4v) is 6.66. The van der Waals surface area contributed by atoms with Crippen LogP contribution < -0.4 is 16.4 Å². The fraction of sp³-hybridized carbons (Fsp3) is 0.500. The smallest absolute Gasteiger partial charge is 0.408 e. The molecule has 0 aliphatic carbocycles. The number of likely N-dealkylation sites (tertiary alicyclic amines) is 1. The van der Waals surface area contributed by atoms with Gasteiger partial charge < -0.3 is 26.2 Å². The number of nitrogens with zero attached hydrogens (tertiary/aromatic N) is 1. The molecule has 1 fully saturated rings. The Labute approximate surface area is 268 Å². The van der Waals surface area contributed by atoms with Crippen LogP contribution in [0.15, 0.2) is 60.7 Å². The number of hydrogen-bond donors (Lipinski definition) is 4. The second kappa shape index (κ2) is 15.7. The highest BCUT2D eigenvalue weighted by molar-refractivity contribution is 7.98. The van der Waals surface area contributed by atoms with Crippen LogP contribution in [0.25, 0.3) is 0 Å². The molecule has 1 heterocycles. The van der Waals surface area contributed by atoms with Crippen LogP contribution in [0, 0.1) is 0 Å². The van der Waals surface area contributed by atoms with Gasteiger partial charge in [0, 0.05) is 6.42 Å². The van der Waals surface area contributed by atoms with Crippen LogP contribution in [0.2, 0.25) is 0 Å². The third kappa shape index (κ3) is 8.74. The van der Waals surface area contributed by atoms with Gasteiger partial charge in [-0.3, -0.25) is 9.59 Å². The highest BCUT2D eigenvalue weighted by Crippen LogP contribution is 2.40. The largest absolute Gasteiger partial charge is 0.445 e. The first-order valence-corrected chi connectivity index (χ1v) is 16.5. The predicted molar refractivity (Wildman–Crippen MR) is 172 cm³/mol. The molecule has 4 amide bonds. The van der Waals surface area contributed by atoms with E-state index in [1.54, 1.807) is 20.8 Å². The molecule has 12 heteroatoms. The molecule has 0 bridgehead atoms. The molecule has 3 rings (SSSR count). The molecule has 2 aromatic carbocycles. The summed E-state index contributed by atoms with van der Waals surface area (Å²) in [5.41, 5.74) is 6.50. The van der Waals surface area contributed by atoms with Crippen molar-refractivity contribution in [1.82, 2.24) is 10.6 Å². The molecule has 2 aromatic rings. The summed E-state index contributed by atoms with van der Waals surface area (Å²) in [7, 11) is 0. The molecular formula is C32H44ClN4O6S+. The zero-order valence-corrected chi connectivity index (χ0v) is 27.3. The molecular weight excluding hydrogens is 604 g/mol. The van der Waals surface area contributed by atoms with Crippen LogP contribution >= 0.6 is 23.4 Å². The van der Waals surface area contributed by atoms with Gasteiger partial charge in [0.1, 0.15) is 19.2 Å². The van der Waals surface area contributed by atoms with Gasteiger partial charge in [-0.2, -0.15) is 11.8 Å². The first kappa shape index (κ1) is 35.4. The van der Waals surface area contributed by atoms with E-state index in [4.69, 9.17) is 22.1 Å². The molecule has 44 heavy (non-hydrogen) atoms. The molecule has 0 spiro atoms. The lowest BCUT2D eigenvalue weighted by Gasteiger charge is -2.47. The normalized spacial score (nSPS) is 22.0. The van der Waals surface area contributed by atoms with Gasteiger partial charge in [0.15, 0.2) is 12.1 Å². The number of nitrogens with one attached hydrogen (secondary N) is 2. The van der Waals surface area contributed by atoms with E-state index in [0.717, 1.165) is 11.1 Å². The van der Waals surface area contributed by atoms with Crippen molar-refractivity contribution in [2.45, 2.75) is 81.8 Å². The summed E-state index contributed by atoms with van der Waals surface area (Å²) in [5, 5.41) is 16.7. The zero-order chi connectivity index (χ0) is 32.5. The quantitative estimate of drug-likeness (QED) is 0.193. The number of alkyl halides is 1. The van der Waals surface area contributed by atoms with Gasteiger partial charge in [0.25, 0.3) is 5.91 Å². The van der Waals surface area contributed by atoms with E-state index in [0.29, 0.717) is 5.75 Å². The maximum absolute atomic E-state index is 14.3. The van der Waals surface area contributed by atoms with Crippen molar-refractivity contribution in [1.29, 1.82) is 0 Å². The monoisotopic (exact) mass is 647 g/mol. The summed E-state index contributed by atoms with van der Waals surface area (Å²) in [5.74, 6) is -1.35. The molecule has 5 N–H and O–H groups in total. The van der Waals surface area contributed by atoms with Gasteiger partial charge in [-0.15, -0.1) is 11.6 Å². The lowest BCUT2D eigenvalue weighted by molar-refractivity contribution is -0.904. The number of benzene rings is 2. The van der Waals surface area contributed by atoms with Crippen molar-refractivity contribution < 1.29 is 33.5 Å². The van der Waals surface area contributed by atoms with E-state index >= 15 is 0 Å². The van der Waals surface area contributed by atoms with E-state index in [1.165, 1.54) is 11.8 Å². The van der Waals surface area contributed by atoms with Crippen LogP contribution in [-0.2, 0) is 32.1 Å². The summed E-state index contributed by atoms with van der Waals surface area (Å²) < 4.78 is 4.89. The number of rotatable bonds is 13. The number of primary amides is 1. The predicted octanol–water partition coefficient (Wildman–Crippen LogP) is 3.13. The summed E-state index contributed by atoms with van der Waals surface area (Å²) in [6.07, 6.45) is -0.00759. The van der Waals surface area contributed by atoms with E-state index in [-0.39, 0.29) is 32.4 Å². The highest BCUT2D eigenvalue weighted by atomic mass is 35.5. The van der Waals surface area contributed by atoms with Crippen molar-refractivity contribution in [2.24, 2.45) is 5.73 Å². The maximum atomic E-state index is 14.3. The molecule has 1 unspecified atom stereocenters. The first-order valence-electron chi connectivity index (χ1n) is 14.6. The van der Waals surface area contributed by atoms with Crippen molar-refractivity contribution >= 4 is 47.2 Å². The number of carbonyl (C=O) groups excluding carboxylic acids is 4. The van der Waals surface area contributed by atoms with Gasteiger partial charge in [-0.05, 0) is 56.7 Å². The molecule has 1 aliphatic heterocycles. The van der Waals surface area contributed by atoms with Crippen molar-refractivity contribution in [3.05, 3.63) is 71.8 Å². The van der Waals surface area contributed by atoms with E-state index in [1.807, 2.05) is 66.9 Å². The molecule has 6 atom stereocenters. The zero-order valence-electron chi connectivity index (χ0n) is 25.7. The van der Waals surface area contributed by atoms with Gasteiger partial charge in [0.2, 0.25) is 5.91 Å². The second-order valence-corrected chi connectivity index (χ2v) is 13.7. The van der Waals surface area contributed by atoms with Gasteiger partial charge >= 0.3 is 12.0 Å². The Hall–Kier alpha value is -3.12. The van der Waals surface area contributed by atoms with Crippen LogP contribution in [0.5, 0.6) is 0 Å². The number of aliphatic hydroxyl groups is 1. The lowest BCUT2D eigenvalue weighted by atomic mass is 9.93. The van der Waals surface area contributed by atoms with Gasteiger partial charge in [-0.1, -0.05) is 60.7 Å². The molecule has 0 saturated carbocycles. The number of ether oxygens (including phenoxy) is 1. The molecule has 240 valence electrons. The topological polar surface area (TPSA) is 148 Å². The van der Waals surface area contributed by atoms with Crippen LogP contribution in [-0.4, -0.2) is 87.1 Å². The number of carbonyl (C=O) groups is 4. The fourth-order valence-electron chi connectivity index (χ4n) is 5.80. The summed E-state index contributed by atoms with van der Waals surface area (Å²) >= 11 is 8.01. The Morgan fingerprint density at radius 1 is 1.05 bits per heavy atom. The minimum atomic E-state index is -1.71. The highest BCUT2D eigenvalue weighted by Gasteiger charge is 2.62. The Morgan fingerprint density at radius 3 is 2.18 bits per heavy atom. The summed E-state index contributed by atoms with van der Waals surface area (Å²) in [4.78, 5) is 53.3. The van der Waals surface area contributed by atoms with E-state index in [2.05, 4.69) is 10.6 Å². The number of quaternary nitrogens is 1. The van der Waals surface area contributed by atoms with Gasteiger partial charge in [0.05, 0.1) is 17.0 Å². The number of nitrogens with two attached hydrogens (primary N) is 1. The van der Waals surface area contributed by atoms with Crippen LogP contribution in [0.3, 0.4) is 0 Å². The Balaban J connectivity index is 1.88. The minimum Gasteiger partial charge on any atom is -0.445 e. The summed E-state index contributed by atoms with van der Waals surface area (Å²) in [6.45, 7) is 5.54. The van der Waals surface area contributed by atoms with Crippen molar-refractivity contribution in [3.63, 3.8) is 0 Å². The third-order valence-corrected chi connectivity index (χ3v) is 9.07. The van der Waals surface area contributed by atoms with Crippen LogP contribution in [0.4, 0.5) is 4.79 Å². The average molecular weight is 648 g/mol. The second-order valence-electron chi connectivity index (χ2n) is 12.1. The van der Waals surface area contributed by atoms with E-state index < -0.39 is 63.4 Å². The van der Waals surface area contributed by atoms with Crippen molar-refractivity contribution in [2.75, 3.05) is 18.6 Å². The molecule has 0 aromatic heterocycles. The Kier molecular flexibility index (Phi) is 12.7. The summed E-state index contributed by atoms with van der Waals surface area (Å²) in [6, 6.07) is 15.3. The maximum Gasteiger partial charge on any atom is 0.408 e. The van der Waals surface area contributed by atoms with Crippen molar-refractivity contribution in [3.8, 4) is 0 Å². The van der Waals surface area contributed by atoms with Gasteiger partial charge in [-0.25, -0.2) is 14.1 Å². The minimum absolute atomic E-state index is 0.0305. The number of aliphatic hydroxyl groups excluding tert-OH is 1. The molecule has 1 saturated heterocycles. The Bertz CT molecular complexity index is 1280. The molecule has 0 radical (unpaired) electrons. The number of amides is 4. The number of alkyl carbamates (subject to hydrolysis) is 1. The van der Waals surface area contributed by atoms with Crippen LogP contribution in [0.1, 0.15) is 44.7 Å². The first-order chi connectivity index (χ1) is 20.8. The SMILES string of the molecule is CSCC[C@H](NC(=O)OCc1ccccc1)C(=O)N[C@@H](Cc1ccccc1)[C@H](O)C(=O)[N+]1(C(C)(C)C)C[C@@H](Cl)C[C@H]1C(N)=O. The Morgan fingerprint density at radius 2 is 1.64 bits per heavy atom. The number of hydrogen-bond acceptors (Lipinski definition) is 7. The molecule has 1 aliphatic rings. The number of thioether (sulfide) groups is 1.